The average molecular weight is 306 g/mol. The van der Waals surface area contributed by atoms with Gasteiger partial charge in [0.2, 0.25) is 5.75 Å². The molecule has 0 aliphatic heterocycles. The van der Waals surface area contributed by atoms with Crippen LogP contribution in [0.25, 0.3) is 0 Å². The zero-order valence-corrected chi connectivity index (χ0v) is 12.9. The number of phenols is 1. The SMILES string of the molecule is Cc1ccccc1Oc1cccc(O)c1OCc1ccccc1. The van der Waals surface area contributed by atoms with Crippen LogP contribution in [0.15, 0.2) is 72.8 Å². The lowest BCUT2D eigenvalue weighted by atomic mass is 10.2. The summed E-state index contributed by atoms with van der Waals surface area (Å²) < 4.78 is 11.7. The molecule has 1 N–H and O–H groups in total. The molecule has 0 spiro atoms. The fraction of sp³-hybridized carbons (Fsp3) is 0.100. The Labute approximate surface area is 135 Å². The standard InChI is InChI=1S/C20H18O3/c1-15-8-5-6-12-18(15)23-19-13-7-11-17(21)20(19)22-14-16-9-3-2-4-10-16/h2-13,21H,14H2,1H3. The van der Waals surface area contributed by atoms with Crippen LogP contribution in [0, 0.1) is 6.92 Å². The van der Waals surface area contributed by atoms with E-state index in [1.54, 1.807) is 18.2 Å². The highest BCUT2D eigenvalue weighted by Crippen LogP contribution is 2.39. The molecule has 0 heterocycles. The van der Waals surface area contributed by atoms with Gasteiger partial charge in [0.1, 0.15) is 12.4 Å². The summed E-state index contributed by atoms with van der Waals surface area (Å²) in [6.45, 7) is 2.34. The Morgan fingerprint density at radius 3 is 2.26 bits per heavy atom. The van der Waals surface area contributed by atoms with E-state index in [4.69, 9.17) is 9.47 Å². The lowest BCUT2D eigenvalue weighted by molar-refractivity contribution is 0.275. The molecule has 0 aliphatic carbocycles. The third kappa shape index (κ3) is 3.64. The molecule has 0 saturated heterocycles. The molecule has 3 heteroatoms. The first kappa shape index (κ1) is 15.0. The second-order valence-electron chi connectivity index (χ2n) is 5.25. The van der Waals surface area contributed by atoms with Crippen LogP contribution >= 0.6 is 0 Å². The van der Waals surface area contributed by atoms with Crippen molar-refractivity contribution in [3.05, 3.63) is 83.9 Å². The van der Waals surface area contributed by atoms with E-state index in [-0.39, 0.29) is 5.75 Å². The smallest absolute Gasteiger partial charge is 0.204 e. The molecule has 0 unspecified atom stereocenters. The second-order valence-corrected chi connectivity index (χ2v) is 5.25. The maximum absolute atomic E-state index is 10.1. The number of hydrogen-bond acceptors (Lipinski definition) is 3. The number of ether oxygens (including phenoxy) is 2. The van der Waals surface area contributed by atoms with Crippen LogP contribution in [-0.2, 0) is 6.61 Å². The van der Waals surface area contributed by atoms with Crippen LogP contribution in [-0.4, -0.2) is 5.11 Å². The largest absolute Gasteiger partial charge is 0.504 e. The van der Waals surface area contributed by atoms with E-state index in [0.29, 0.717) is 18.1 Å². The van der Waals surface area contributed by atoms with Crippen molar-refractivity contribution >= 4 is 0 Å². The van der Waals surface area contributed by atoms with E-state index in [1.807, 2.05) is 61.5 Å². The maximum Gasteiger partial charge on any atom is 0.204 e. The van der Waals surface area contributed by atoms with E-state index >= 15 is 0 Å². The van der Waals surface area contributed by atoms with E-state index in [1.165, 1.54) is 0 Å². The molecule has 0 aliphatic rings. The number of benzene rings is 3. The molecular formula is C20H18O3. The number of para-hydroxylation sites is 2. The van der Waals surface area contributed by atoms with Gasteiger partial charge >= 0.3 is 0 Å². The summed E-state index contributed by atoms with van der Waals surface area (Å²) in [6, 6.07) is 22.6. The highest BCUT2D eigenvalue weighted by atomic mass is 16.5. The van der Waals surface area contributed by atoms with Gasteiger partial charge in [-0.1, -0.05) is 54.6 Å². The molecule has 0 atom stereocenters. The normalized spacial score (nSPS) is 10.3. The van der Waals surface area contributed by atoms with Crippen LogP contribution < -0.4 is 9.47 Å². The number of aryl methyl sites for hydroxylation is 1. The summed E-state index contributed by atoms with van der Waals surface area (Å²) in [4.78, 5) is 0. The average Bonchev–Trinajstić information content (AvgIpc) is 2.57. The van der Waals surface area contributed by atoms with Gasteiger partial charge in [0, 0.05) is 0 Å². The van der Waals surface area contributed by atoms with Gasteiger partial charge in [-0.25, -0.2) is 0 Å². The third-order valence-electron chi connectivity index (χ3n) is 3.50. The topological polar surface area (TPSA) is 38.7 Å². The molecule has 116 valence electrons. The van der Waals surface area contributed by atoms with Crippen LogP contribution in [0.2, 0.25) is 0 Å². The highest BCUT2D eigenvalue weighted by Gasteiger charge is 2.12. The van der Waals surface area contributed by atoms with Gasteiger partial charge in [0.25, 0.3) is 0 Å². The minimum Gasteiger partial charge on any atom is -0.504 e. The fourth-order valence-electron chi connectivity index (χ4n) is 2.25. The lowest BCUT2D eigenvalue weighted by Crippen LogP contribution is -1.98. The Kier molecular flexibility index (Phi) is 4.48. The quantitative estimate of drug-likeness (QED) is 0.715. The van der Waals surface area contributed by atoms with Gasteiger partial charge < -0.3 is 14.6 Å². The van der Waals surface area contributed by atoms with E-state index in [2.05, 4.69) is 0 Å². The van der Waals surface area contributed by atoms with Gasteiger partial charge in [-0.2, -0.15) is 0 Å². The van der Waals surface area contributed by atoms with Gasteiger partial charge in [0.15, 0.2) is 11.5 Å². The summed E-state index contributed by atoms with van der Waals surface area (Å²) in [7, 11) is 0. The number of aromatic hydroxyl groups is 1. The molecule has 3 rings (SSSR count). The number of phenolic OH excluding ortho intramolecular Hbond substituents is 1. The van der Waals surface area contributed by atoms with Gasteiger partial charge in [-0.15, -0.1) is 0 Å². The molecule has 0 fully saturated rings. The summed E-state index contributed by atoms with van der Waals surface area (Å²) in [6.07, 6.45) is 0. The number of hydrogen-bond donors (Lipinski definition) is 1. The zero-order valence-electron chi connectivity index (χ0n) is 12.9. The molecular weight excluding hydrogens is 288 g/mol. The third-order valence-corrected chi connectivity index (χ3v) is 3.50. The van der Waals surface area contributed by atoms with Crippen molar-refractivity contribution in [2.24, 2.45) is 0 Å². The molecule has 0 bridgehead atoms. The van der Waals surface area contributed by atoms with Crippen molar-refractivity contribution in [1.82, 2.24) is 0 Å². The summed E-state index contributed by atoms with van der Waals surface area (Å²) in [5.41, 5.74) is 2.04. The van der Waals surface area contributed by atoms with Crippen molar-refractivity contribution in [2.75, 3.05) is 0 Å². The van der Waals surface area contributed by atoms with Crippen molar-refractivity contribution in [3.63, 3.8) is 0 Å². The number of rotatable bonds is 5. The van der Waals surface area contributed by atoms with Gasteiger partial charge in [0.05, 0.1) is 0 Å². The Morgan fingerprint density at radius 1 is 0.783 bits per heavy atom. The first-order valence-corrected chi connectivity index (χ1v) is 7.46. The van der Waals surface area contributed by atoms with Gasteiger partial charge in [-0.05, 0) is 36.2 Å². The van der Waals surface area contributed by atoms with Crippen molar-refractivity contribution in [1.29, 1.82) is 0 Å². The first-order chi connectivity index (χ1) is 11.2. The van der Waals surface area contributed by atoms with E-state index in [0.717, 1.165) is 16.9 Å². The molecule has 0 saturated carbocycles. The highest BCUT2D eigenvalue weighted by molar-refractivity contribution is 5.52. The van der Waals surface area contributed by atoms with Crippen molar-refractivity contribution in [2.45, 2.75) is 13.5 Å². The Balaban J connectivity index is 1.84. The minimum atomic E-state index is 0.0621. The van der Waals surface area contributed by atoms with Gasteiger partial charge in [-0.3, -0.25) is 0 Å². The van der Waals surface area contributed by atoms with Crippen LogP contribution in [0.3, 0.4) is 0 Å². The van der Waals surface area contributed by atoms with Crippen LogP contribution in [0.5, 0.6) is 23.0 Å². The monoisotopic (exact) mass is 306 g/mol. The summed E-state index contributed by atoms with van der Waals surface area (Å²) in [5.74, 6) is 1.64. The summed E-state index contributed by atoms with van der Waals surface area (Å²) >= 11 is 0. The lowest BCUT2D eigenvalue weighted by Gasteiger charge is -2.15. The molecule has 23 heavy (non-hydrogen) atoms. The predicted octanol–water partition coefficient (Wildman–Crippen LogP) is 5.07. The van der Waals surface area contributed by atoms with Crippen molar-refractivity contribution < 1.29 is 14.6 Å². The minimum absolute atomic E-state index is 0.0621. The van der Waals surface area contributed by atoms with E-state index in [9.17, 15) is 5.11 Å². The van der Waals surface area contributed by atoms with Crippen molar-refractivity contribution in [3.8, 4) is 23.0 Å². The Bertz CT molecular complexity index is 782. The first-order valence-electron chi connectivity index (χ1n) is 7.46. The summed E-state index contributed by atoms with van der Waals surface area (Å²) in [5, 5.41) is 10.1. The van der Waals surface area contributed by atoms with Crippen LogP contribution in [0.1, 0.15) is 11.1 Å². The predicted molar refractivity (Wildman–Crippen MR) is 90.1 cm³/mol. The maximum atomic E-state index is 10.1. The molecule has 0 amide bonds. The molecule has 0 radical (unpaired) electrons. The fourth-order valence-corrected chi connectivity index (χ4v) is 2.25. The van der Waals surface area contributed by atoms with Crippen LogP contribution in [0.4, 0.5) is 0 Å². The molecule has 3 aromatic carbocycles. The van der Waals surface area contributed by atoms with E-state index < -0.39 is 0 Å². The second kappa shape index (κ2) is 6.88. The zero-order chi connectivity index (χ0) is 16.1. The molecule has 3 aromatic rings. The molecule has 3 nitrogen and oxygen atoms in total. The Hall–Kier alpha value is -2.94. The molecule has 0 aromatic heterocycles. The Morgan fingerprint density at radius 2 is 1.48 bits per heavy atom.